The Hall–Kier alpha value is -2.96. The van der Waals surface area contributed by atoms with Crippen molar-refractivity contribution in [3.63, 3.8) is 0 Å². The molecule has 7 heteroatoms. The Morgan fingerprint density at radius 1 is 1.27 bits per heavy atom. The molecule has 4 rings (SSSR count). The van der Waals surface area contributed by atoms with Crippen LogP contribution in [-0.2, 0) is 6.42 Å². The molecule has 1 aliphatic carbocycles. The van der Waals surface area contributed by atoms with Crippen molar-refractivity contribution in [1.82, 2.24) is 9.97 Å². The number of fused-ring (bicyclic) bond motifs is 2. The van der Waals surface area contributed by atoms with E-state index >= 15 is 0 Å². The number of carbonyl (C=O) groups is 1. The first-order chi connectivity index (χ1) is 12.5. The number of aromatic carboxylic acids is 1. The third-order valence-corrected chi connectivity index (χ3v) is 5.15. The summed E-state index contributed by atoms with van der Waals surface area (Å²) in [5.74, 6) is -0.678. The lowest BCUT2D eigenvalue weighted by Gasteiger charge is -2.08. The van der Waals surface area contributed by atoms with E-state index in [0.29, 0.717) is 11.0 Å². The van der Waals surface area contributed by atoms with Gasteiger partial charge in [-0.25, -0.2) is 4.79 Å². The lowest BCUT2D eigenvalue weighted by atomic mass is 10.00. The van der Waals surface area contributed by atoms with Gasteiger partial charge in [-0.05, 0) is 30.9 Å². The van der Waals surface area contributed by atoms with Crippen LogP contribution in [0.1, 0.15) is 48.2 Å². The highest BCUT2D eigenvalue weighted by atomic mass is 16.4. The van der Waals surface area contributed by atoms with Crippen LogP contribution in [0.4, 0.5) is 5.82 Å². The van der Waals surface area contributed by atoms with Crippen molar-refractivity contribution in [2.75, 3.05) is 5.73 Å². The number of anilines is 1. The van der Waals surface area contributed by atoms with Gasteiger partial charge in [0, 0.05) is 5.69 Å². The average molecular weight is 353 g/mol. The highest BCUT2D eigenvalue weighted by Crippen LogP contribution is 2.29. The van der Waals surface area contributed by atoms with E-state index < -0.39 is 5.97 Å². The molecule has 3 N–H and O–H groups in total. The number of rotatable bonds is 4. The van der Waals surface area contributed by atoms with Gasteiger partial charge in [-0.2, -0.15) is 4.98 Å². The summed E-state index contributed by atoms with van der Waals surface area (Å²) >= 11 is 0. The predicted molar refractivity (Wildman–Crippen MR) is 97.2 cm³/mol. The Labute approximate surface area is 148 Å². The molecule has 3 aromatic rings. The number of nitrogen functional groups attached to an aromatic ring is 1. The average Bonchev–Trinajstić information content (AvgIpc) is 3.13. The number of hydrogen-bond donors (Lipinski definition) is 2. The minimum absolute atomic E-state index is 0.0190. The van der Waals surface area contributed by atoms with Gasteiger partial charge in [-0.3, -0.25) is 9.78 Å². The minimum Gasteiger partial charge on any atom is -0.478 e. The third-order valence-electron chi connectivity index (χ3n) is 5.15. The van der Waals surface area contributed by atoms with E-state index in [2.05, 4.69) is 9.97 Å². The first kappa shape index (κ1) is 16.5. The van der Waals surface area contributed by atoms with Crippen LogP contribution >= 0.6 is 0 Å². The fourth-order valence-corrected chi connectivity index (χ4v) is 3.70. The first-order valence-electron chi connectivity index (χ1n) is 8.78. The van der Waals surface area contributed by atoms with E-state index in [0.717, 1.165) is 24.5 Å². The molecule has 0 unspecified atom stereocenters. The van der Waals surface area contributed by atoms with Crippen LogP contribution < -0.4 is 11.2 Å². The van der Waals surface area contributed by atoms with Crippen molar-refractivity contribution in [1.29, 1.82) is 0 Å². The lowest BCUT2D eigenvalue weighted by Crippen LogP contribution is -2.10. The highest BCUT2D eigenvalue weighted by Gasteiger charge is 2.18. The quantitative estimate of drug-likeness (QED) is 0.691. The molecule has 0 radical (unpaired) electrons. The van der Waals surface area contributed by atoms with Crippen molar-refractivity contribution < 1.29 is 14.3 Å². The fourth-order valence-electron chi connectivity index (χ4n) is 3.70. The summed E-state index contributed by atoms with van der Waals surface area (Å²) in [5.41, 5.74) is 6.29. The number of carboxylic acids is 1. The van der Waals surface area contributed by atoms with Crippen LogP contribution in [0.2, 0.25) is 0 Å². The maximum Gasteiger partial charge on any atom is 0.339 e. The Kier molecular flexibility index (Phi) is 4.06. The van der Waals surface area contributed by atoms with E-state index in [4.69, 9.17) is 10.2 Å². The van der Waals surface area contributed by atoms with Crippen molar-refractivity contribution in [3.05, 3.63) is 39.8 Å². The number of aryl methyl sites for hydroxylation is 1. The van der Waals surface area contributed by atoms with Gasteiger partial charge in [0.05, 0.1) is 17.0 Å². The Bertz CT molecular complexity index is 1070. The molecule has 134 valence electrons. The number of carboxylic acid groups (broad SMARTS) is 1. The summed E-state index contributed by atoms with van der Waals surface area (Å²) in [6.45, 7) is 0. The molecule has 7 nitrogen and oxygen atoms in total. The molecule has 0 aromatic carbocycles. The number of hydrogen-bond acceptors (Lipinski definition) is 6. The Morgan fingerprint density at radius 3 is 2.77 bits per heavy atom. The van der Waals surface area contributed by atoms with Crippen LogP contribution in [-0.4, -0.2) is 21.0 Å². The molecule has 3 aromatic heterocycles. The van der Waals surface area contributed by atoms with Crippen molar-refractivity contribution in [2.24, 2.45) is 5.92 Å². The monoisotopic (exact) mass is 353 g/mol. The first-order valence-corrected chi connectivity index (χ1v) is 8.78. The van der Waals surface area contributed by atoms with Crippen LogP contribution in [0.5, 0.6) is 0 Å². The van der Waals surface area contributed by atoms with E-state index in [1.165, 1.54) is 37.9 Å². The molecule has 1 aliphatic rings. The summed E-state index contributed by atoms with van der Waals surface area (Å²) in [6, 6.07) is 2.97. The lowest BCUT2D eigenvalue weighted by molar-refractivity contribution is 0.0698. The molecule has 1 saturated carbocycles. The summed E-state index contributed by atoms with van der Waals surface area (Å²) in [5, 5.41) is 9.68. The maximum absolute atomic E-state index is 12.8. The van der Waals surface area contributed by atoms with Gasteiger partial charge in [0.2, 0.25) is 11.1 Å². The summed E-state index contributed by atoms with van der Waals surface area (Å²) in [7, 11) is 0. The molecule has 0 bridgehead atoms. The molecule has 0 aliphatic heterocycles. The predicted octanol–water partition coefficient (Wildman–Crippen LogP) is 3.14. The van der Waals surface area contributed by atoms with E-state index in [1.807, 2.05) is 0 Å². The molecule has 0 saturated heterocycles. The SMILES string of the molecule is Nc1nc2oc3cnc(CCC4CCCC4)cc3c(=O)c2cc1C(=O)O. The maximum atomic E-state index is 12.8. The molecule has 3 heterocycles. The topological polar surface area (TPSA) is 119 Å². The summed E-state index contributed by atoms with van der Waals surface area (Å²) in [6.07, 6.45) is 8.55. The van der Waals surface area contributed by atoms with Crippen LogP contribution in [0.25, 0.3) is 22.1 Å². The third kappa shape index (κ3) is 2.89. The van der Waals surface area contributed by atoms with Crippen LogP contribution in [0, 0.1) is 5.92 Å². The molecule has 0 amide bonds. The zero-order valence-corrected chi connectivity index (χ0v) is 14.2. The highest BCUT2D eigenvalue weighted by molar-refractivity contribution is 5.98. The van der Waals surface area contributed by atoms with Gasteiger partial charge in [0.1, 0.15) is 11.4 Å². The standard InChI is InChI=1S/C19H19N3O4/c20-17-14(19(24)25)8-13-16(23)12-7-11(6-5-10-3-1-2-4-10)21-9-15(12)26-18(13)22-17/h7-10H,1-6H2,(H2,20,22)(H,24,25). The fraction of sp³-hybridized carbons (Fsp3) is 0.368. The number of nitrogens with zero attached hydrogens (tertiary/aromatic N) is 2. The largest absolute Gasteiger partial charge is 0.478 e. The molecule has 0 spiro atoms. The van der Waals surface area contributed by atoms with E-state index in [-0.39, 0.29) is 27.9 Å². The number of nitrogens with two attached hydrogens (primary N) is 1. The smallest absolute Gasteiger partial charge is 0.339 e. The zero-order chi connectivity index (χ0) is 18.3. The van der Waals surface area contributed by atoms with Crippen molar-refractivity contribution in [3.8, 4) is 0 Å². The second kappa shape index (κ2) is 6.40. The van der Waals surface area contributed by atoms with Crippen molar-refractivity contribution >= 4 is 33.9 Å². The molecule has 1 fully saturated rings. The minimum atomic E-state index is -1.23. The zero-order valence-electron chi connectivity index (χ0n) is 14.2. The van der Waals surface area contributed by atoms with Gasteiger partial charge in [0.25, 0.3) is 0 Å². The van der Waals surface area contributed by atoms with Gasteiger partial charge < -0.3 is 15.3 Å². The molecular weight excluding hydrogens is 334 g/mol. The molecule has 26 heavy (non-hydrogen) atoms. The van der Waals surface area contributed by atoms with Gasteiger partial charge in [-0.1, -0.05) is 25.7 Å². The van der Waals surface area contributed by atoms with Gasteiger partial charge in [-0.15, -0.1) is 0 Å². The second-order valence-corrected chi connectivity index (χ2v) is 6.87. The number of aromatic nitrogens is 2. The number of pyridine rings is 2. The van der Waals surface area contributed by atoms with E-state index in [1.54, 1.807) is 6.07 Å². The van der Waals surface area contributed by atoms with Gasteiger partial charge in [0.15, 0.2) is 5.58 Å². The Morgan fingerprint density at radius 2 is 2.04 bits per heavy atom. The molecule has 0 atom stereocenters. The van der Waals surface area contributed by atoms with Crippen molar-refractivity contribution in [2.45, 2.75) is 38.5 Å². The van der Waals surface area contributed by atoms with Crippen LogP contribution in [0.3, 0.4) is 0 Å². The van der Waals surface area contributed by atoms with Crippen LogP contribution in [0.15, 0.2) is 27.5 Å². The molecular formula is C19H19N3O4. The normalized spacial score (nSPS) is 15.1. The van der Waals surface area contributed by atoms with E-state index in [9.17, 15) is 14.7 Å². The second-order valence-electron chi connectivity index (χ2n) is 6.87. The summed E-state index contributed by atoms with van der Waals surface area (Å²) in [4.78, 5) is 32.4. The summed E-state index contributed by atoms with van der Waals surface area (Å²) < 4.78 is 5.63. The Balaban J connectivity index is 1.77. The van der Waals surface area contributed by atoms with Gasteiger partial charge >= 0.3 is 5.97 Å².